The molecule has 1 rings (SSSR count). The molecule has 240 valence electrons. The smallest absolute Gasteiger partial charge is 0.0520 e. The molecule has 1 unspecified atom stereocenters. The second kappa shape index (κ2) is 25.3. The minimum atomic E-state index is -1.09. The number of aliphatic hydroxyl groups excluding tert-OH is 5. The van der Waals surface area contributed by atoms with E-state index in [0.717, 1.165) is 32.1 Å². The fraction of sp³-hybridized carbons (Fsp3) is 1.00. The Hall–Kier alpha value is -0.200. The summed E-state index contributed by atoms with van der Waals surface area (Å²) in [6.45, 7) is -1.41. The molecule has 0 aromatic heterocycles. The lowest BCUT2D eigenvalue weighted by Gasteiger charge is -2.51. The summed E-state index contributed by atoms with van der Waals surface area (Å²) in [4.78, 5) is 0. The highest BCUT2D eigenvalue weighted by molar-refractivity contribution is 5.01. The van der Waals surface area contributed by atoms with Crippen molar-refractivity contribution in [3.63, 3.8) is 0 Å². The molecule has 1 saturated carbocycles. The van der Waals surface area contributed by atoms with E-state index in [1.54, 1.807) is 0 Å². The normalized spacial score (nSPS) is 25.6. The van der Waals surface area contributed by atoms with Crippen LogP contribution in [-0.4, -0.2) is 58.6 Å². The molecule has 0 aliphatic heterocycles. The van der Waals surface area contributed by atoms with Gasteiger partial charge in [0.1, 0.15) is 0 Å². The molecule has 0 spiro atoms. The zero-order valence-electron chi connectivity index (χ0n) is 26.4. The van der Waals surface area contributed by atoms with Crippen molar-refractivity contribution in [2.45, 2.75) is 173 Å². The van der Waals surface area contributed by atoms with Gasteiger partial charge in [-0.2, -0.15) is 0 Å². The van der Waals surface area contributed by atoms with Crippen LogP contribution in [0.2, 0.25) is 0 Å². The molecule has 5 heteroatoms. The molecule has 0 aromatic rings. The molecular weight excluding hydrogens is 500 g/mol. The van der Waals surface area contributed by atoms with Gasteiger partial charge < -0.3 is 25.5 Å². The van der Waals surface area contributed by atoms with Crippen LogP contribution < -0.4 is 0 Å². The van der Waals surface area contributed by atoms with Crippen molar-refractivity contribution in [1.82, 2.24) is 0 Å². The van der Waals surface area contributed by atoms with Crippen LogP contribution in [0.4, 0.5) is 0 Å². The Labute approximate surface area is 248 Å². The summed E-state index contributed by atoms with van der Waals surface area (Å²) in [5.74, 6) is -0.345. The summed E-state index contributed by atoms with van der Waals surface area (Å²) in [6.07, 6.45) is 33.2. The van der Waals surface area contributed by atoms with Gasteiger partial charge in [0.25, 0.3) is 0 Å². The fourth-order valence-corrected chi connectivity index (χ4v) is 7.31. The molecule has 1 aliphatic carbocycles. The van der Waals surface area contributed by atoms with Crippen LogP contribution in [0.25, 0.3) is 0 Å². The summed E-state index contributed by atoms with van der Waals surface area (Å²) in [6, 6.07) is 0. The minimum absolute atomic E-state index is 0.150. The number of hydrogen-bond acceptors (Lipinski definition) is 5. The zero-order chi connectivity index (χ0) is 29.2. The third-order valence-corrected chi connectivity index (χ3v) is 10.4. The summed E-state index contributed by atoms with van der Waals surface area (Å²) in [5.41, 5.74) is -2.09. The molecule has 0 amide bonds. The van der Waals surface area contributed by atoms with Gasteiger partial charge in [-0.25, -0.2) is 0 Å². The van der Waals surface area contributed by atoms with Crippen molar-refractivity contribution in [3.05, 3.63) is 0 Å². The lowest BCUT2D eigenvalue weighted by atomic mass is 9.55. The number of hydrogen-bond donors (Lipinski definition) is 5. The van der Waals surface area contributed by atoms with Gasteiger partial charge in [0.15, 0.2) is 0 Å². The van der Waals surface area contributed by atoms with Crippen LogP contribution in [0.3, 0.4) is 0 Å². The summed E-state index contributed by atoms with van der Waals surface area (Å²) >= 11 is 0. The van der Waals surface area contributed by atoms with Crippen molar-refractivity contribution in [2.24, 2.45) is 16.7 Å². The third-order valence-electron chi connectivity index (χ3n) is 10.4. The van der Waals surface area contributed by atoms with E-state index in [1.807, 2.05) is 0 Å². The maximum absolute atomic E-state index is 10.6. The van der Waals surface area contributed by atoms with Crippen LogP contribution in [0, 0.1) is 16.7 Å². The van der Waals surface area contributed by atoms with E-state index in [4.69, 9.17) is 0 Å². The third kappa shape index (κ3) is 14.3. The molecule has 5 nitrogen and oxygen atoms in total. The van der Waals surface area contributed by atoms with Crippen LogP contribution in [0.1, 0.15) is 173 Å². The SMILES string of the molecule is OCC1CCCCCCCCCCCCCCCCCCCCCCCCCCCC(CO)(CO)C1(CO)CO. The first kappa shape index (κ1) is 37.8. The van der Waals surface area contributed by atoms with Crippen molar-refractivity contribution >= 4 is 0 Å². The lowest BCUT2D eigenvalue weighted by Crippen LogP contribution is -2.57. The fourth-order valence-electron chi connectivity index (χ4n) is 7.31. The van der Waals surface area contributed by atoms with E-state index >= 15 is 0 Å². The minimum Gasteiger partial charge on any atom is -0.396 e. The largest absolute Gasteiger partial charge is 0.396 e. The molecular formula is C35H70O5. The van der Waals surface area contributed by atoms with Gasteiger partial charge in [-0.3, -0.25) is 0 Å². The van der Waals surface area contributed by atoms with Crippen LogP contribution >= 0.6 is 0 Å². The van der Waals surface area contributed by atoms with E-state index < -0.39 is 10.8 Å². The van der Waals surface area contributed by atoms with Crippen molar-refractivity contribution < 1.29 is 25.5 Å². The zero-order valence-corrected chi connectivity index (χ0v) is 26.4. The van der Waals surface area contributed by atoms with Crippen molar-refractivity contribution in [3.8, 4) is 0 Å². The molecule has 0 bridgehead atoms. The summed E-state index contributed by atoms with van der Waals surface area (Å²) in [7, 11) is 0. The monoisotopic (exact) mass is 571 g/mol. The predicted octanol–water partition coefficient (Wildman–Crippen LogP) is 8.08. The predicted molar refractivity (Wildman–Crippen MR) is 168 cm³/mol. The maximum Gasteiger partial charge on any atom is 0.0520 e. The van der Waals surface area contributed by atoms with Crippen molar-refractivity contribution in [2.75, 3.05) is 33.0 Å². The topological polar surface area (TPSA) is 101 Å². The molecule has 1 aliphatic rings. The second-order valence-electron chi connectivity index (χ2n) is 13.3. The Morgan fingerprint density at radius 1 is 0.350 bits per heavy atom. The Bertz CT molecular complexity index is 532. The van der Waals surface area contributed by atoms with Crippen LogP contribution in [-0.2, 0) is 0 Å². The van der Waals surface area contributed by atoms with Gasteiger partial charge in [0.05, 0.1) is 26.4 Å². The first-order valence-corrected chi connectivity index (χ1v) is 17.7. The second-order valence-corrected chi connectivity index (χ2v) is 13.3. The summed E-state index contributed by atoms with van der Waals surface area (Å²) in [5, 5.41) is 52.4. The molecule has 0 radical (unpaired) electrons. The van der Waals surface area contributed by atoms with E-state index in [9.17, 15) is 25.5 Å². The van der Waals surface area contributed by atoms with Gasteiger partial charge in [0, 0.05) is 17.4 Å². The molecule has 1 fully saturated rings. The number of rotatable bonds is 5. The van der Waals surface area contributed by atoms with Gasteiger partial charge in [-0.1, -0.05) is 161 Å². The average Bonchev–Trinajstić information content (AvgIpc) is 2.98. The summed E-state index contributed by atoms with van der Waals surface area (Å²) < 4.78 is 0. The molecule has 1 atom stereocenters. The van der Waals surface area contributed by atoms with E-state index in [-0.39, 0.29) is 39.0 Å². The van der Waals surface area contributed by atoms with E-state index in [0.29, 0.717) is 12.8 Å². The molecule has 40 heavy (non-hydrogen) atoms. The quantitative estimate of drug-likeness (QED) is 0.230. The molecule has 0 aromatic carbocycles. The molecule has 5 N–H and O–H groups in total. The van der Waals surface area contributed by atoms with Gasteiger partial charge in [0.2, 0.25) is 0 Å². The Balaban J connectivity index is 2.65. The lowest BCUT2D eigenvalue weighted by molar-refractivity contribution is -0.159. The average molecular weight is 571 g/mol. The number of aliphatic hydroxyl groups is 5. The highest BCUT2D eigenvalue weighted by Gasteiger charge is 2.53. The Morgan fingerprint density at radius 3 is 0.875 bits per heavy atom. The Morgan fingerprint density at radius 2 is 0.625 bits per heavy atom. The van der Waals surface area contributed by atoms with E-state index in [1.165, 1.54) is 128 Å². The van der Waals surface area contributed by atoms with Crippen LogP contribution in [0.15, 0.2) is 0 Å². The Kier molecular flexibility index (Phi) is 23.9. The first-order valence-electron chi connectivity index (χ1n) is 17.7. The van der Waals surface area contributed by atoms with Gasteiger partial charge in [-0.15, -0.1) is 0 Å². The van der Waals surface area contributed by atoms with Gasteiger partial charge in [-0.05, 0) is 18.8 Å². The van der Waals surface area contributed by atoms with Crippen LogP contribution in [0.5, 0.6) is 0 Å². The standard InChI is InChI=1S/C35H70O5/c36-28-33-26-24-22-20-18-16-14-12-10-8-6-4-2-1-3-5-7-9-11-13-15-17-19-21-23-25-27-34(29-37,30-38)35(33,31-39)32-40/h33,36-40H,1-32H2. The molecule has 0 heterocycles. The van der Waals surface area contributed by atoms with Crippen molar-refractivity contribution in [1.29, 1.82) is 0 Å². The highest BCUT2D eigenvalue weighted by Crippen LogP contribution is 2.49. The van der Waals surface area contributed by atoms with E-state index in [2.05, 4.69) is 0 Å². The first-order chi connectivity index (χ1) is 19.7. The maximum atomic E-state index is 10.6. The highest BCUT2D eigenvalue weighted by atomic mass is 16.3. The van der Waals surface area contributed by atoms with Gasteiger partial charge >= 0.3 is 0 Å². The molecule has 0 saturated heterocycles.